The summed E-state index contributed by atoms with van der Waals surface area (Å²) in [6.45, 7) is 9.84. The third-order valence-corrected chi connectivity index (χ3v) is 4.74. The summed E-state index contributed by atoms with van der Waals surface area (Å²) in [5.41, 5.74) is 0.591. The zero-order valence-corrected chi connectivity index (χ0v) is 15.7. The van der Waals surface area contributed by atoms with Gasteiger partial charge in [-0.1, -0.05) is 6.92 Å². The van der Waals surface area contributed by atoms with E-state index in [4.69, 9.17) is 9.47 Å². The van der Waals surface area contributed by atoms with E-state index in [1.807, 2.05) is 0 Å². The van der Waals surface area contributed by atoms with Crippen LogP contribution < -0.4 is 14.8 Å². The smallest absolute Gasteiger partial charge is 0.251 e. The summed E-state index contributed by atoms with van der Waals surface area (Å²) in [5.74, 6) is 1.13. The minimum Gasteiger partial charge on any atom is -0.493 e. The third-order valence-electron chi connectivity index (χ3n) is 4.74. The maximum absolute atomic E-state index is 12.2. The fourth-order valence-electron chi connectivity index (χ4n) is 3.07. The molecule has 1 heterocycles. The first-order chi connectivity index (χ1) is 12.2. The highest BCUT2D eigenvalue weighted by Crippen LogP contribution is 2.27. The second-order valence-corrected chi connectivity index (χ2v) is 6.31. The molecule has 25 heavy (non-hydrogen) atoms. The molecule has 2 rings (SSSR count). The van der Waals surface area contributed by atoms with Gasteiger partial charge in [0, 0.05) is 38.3 Å². The largest absolute Gasteiger partial charge is 0.493 e. The molecule has 0 spiro atoms. The van der Waals surface area contributed by atoms with Gasteiger partial charge in [0.05, 0.1) is 14.2 Å². The fraction of sp³-hybridized carbons (Fsp3) is 0.632. The van der Waals surface area contributed by atoms with Gasteiger partial charge in [0.25, 0.3) is 5.91 Å². The van der Waals surface area contributed by atoms with Gasteiger partial charge in [0.1, 0.15) is 0 Å². The van der Waals surface area contributed by atoms with Crippen LogP contribution >= 0.6 is 0 Å². The number of ether oxygens (including phenoxy) is 2. The summed E-state index contributed by atoms with van der Waals surface area (Å²) in [4.78, 5) is 17.2. The Morgan fingerprint density at radius 2 is 1.72 bits per heavy atom. The van der Waals surface area contributed by atoms with Crippen molar-refractivity contribution in [1.82, 2.24) is 15.1 Å². The molecule has 6 heteroatoms. The maximum atomic E-state index is 12.2. The number of nitrogens with zero attached hydrogens (tertiary/aromatic N) is 2. The van der Waals surface area contributed by atoms with Crippen LogP contribution in [0.5, 0.6) is 11.5 Å². The second-order valence-electron chi connectivity index (χ2n) is 6.31. The van der Waals surface area contributed by atoms with Crippen molar-refractivity contribution < 1.29 is 14.3 Å². The molecule has 0 atom stereocenters. The Labute approximate surface area is 151 Å². The van der Waals surface area contributed by atoms with E-state index >= 15 is 0 Å². The second kappa shape index (κ2) is 10.3. The van der Waals surface area contributed by atoms with Gasteiger partial charge in [-0.05, 0) is 44.1 Å². The predicted octanol–water partition coefficient (Wildman–Crippen LogP) is 1.85. The molecular weight excluding hydrogens is 318 g/mol. The Bertz CT molecular complexity index is 543. The molecule has 1 N–H and O–H groups in total. The van der Waals surface area contributed by atoms with Gasteiger partial charge in [-0.2, -0.15) is 0 Å². The van der Waals surface area contributed by atoms with E-state index in [1.54, 1.807) is 32.4 Å². The molecule has 140 valence electrons. The molecule has 1 aromatic carbocycles. The van der Waals surface area contributed by atoms with Gasteiger partial charge in [-0.3, -0.25) is 4.79 Å². The number of hydrogen-bond donors (Lipinski definition) is 1. The zero-order chi connectivity index (χ0) is 18.1. The molecule has 1 aliphatic heterocycles. The molecule has 0 radical (unpaired) electrons. The van der Waals surface area contributed by atoms with E-state index in [2.05, 4.69) is 22.0 Å². The van der Waals surface area contributed by atoms with E-state index < -0.39 is 0 Å². The van der Waals surface area contributed by atoms with Gasteiger partial charge in [0.2, 0.25) is 0 Å². The van der Waals surface area contributed by atoms with Crippen molar-refractivity contribution in [2.75, 3.05) is 60.0 Å². The van der Waals surface area contributed by atoms with Crippen LogP contribution in [0.3, 0.4) is 0 Å². The van der Waals surface area contributed by atoms with E-state index in [1.165, 1.54) is 13.1 Å². The number of likely N-dealkylation sites (N-methyl/N-ethyl adjacent to an activating group) is 1. The van der Waals surface area contributed by atoms with Crippen molar-refractivity contribution in [1.29, 1.82) is 0 Å². The van der Waals surface area contributed by atoms with Crippen molar-refractivity contribution in [3.05, 3.63) is 23.8 Å². The van der Waals surface area contributed by atoms with Crippen LogP contribution in [-0.4, -0.2) is 75.7 Å². The molecular formula is C19H31N3O3. The number of benzene rings is 1. The lowest BCUT2D eigenvalue weighted by atomic mass is 10.2. The molecule has 0 saturated carbocycles. The SMILES string of the molecule is CCN1CCN(CCCCNC(=O)c2ccc(OC)c(OC)c2)CC1. The van der Waals surface area contributed by atoms with Crippen molar-refractivity contribution >= 4 is 5.91 Å². The normalized spacial score (nSPS) is 15.8. The molecule has 1 saturated heterocycles. The minimum atomic E-state index is -0.0717. The van der Waals surface area contributed by atoms with Crippen molar-refractivity contribution in [3.8, 4) is 11.5 Å². The summed E-state index contributed by atoms with van der Waals surface area (Å²) in [5, 5.41) is 2.98. The lowest BCUT2D eigenvalue weighted by Gasteiger charge is -2.33. The molecule has 0 aliphatic carbocycles. The summed E-state index contributed by atoms with van der Waals surface area (Å²) >= 11 is 0. The summed E-state index contributed by atoms with van der Waals surface area (Å²) < 4.78 is 10.4. The molecule has 0 bridgehead atoms. The van der Waals surface area contributed by atoms with Gasteiger partial charge in [0.15, 0.2) is 11.5 Å². The van der Waals surface area contributed by atoms with Crippen molar-refractivity contribution in [2.45, 2.75) is 19.8 Å². The molecule has 1 aliphatic rings. The Hall–Kier alpha value is -1.79. The Balaban J connectivity index is 1.65. The van der Waals surface area contributed by atoms with Crippen LogP contribution in [0.25, 0.3) is 0 Å². The Morgan fingerprint density at radius 1 is 1.04 bits per heavy atom. The fourth-order valence-corrected chi connectivity index (χ4v) is 3.07. The first-order valence-corrected chi connectivity index (χ1v) is 9.12. The van der Waals surface area contributed by atoms with Crippen LogP contribution in [0, 0.1) is 0 Å². The average molecular weight is 349 g/mol. The first-order valence-electron chi connectivity index (χ1n) is 9.12. The minimum absolute atomic E-state index is 0.0717. The number of nitrogens with one attached hydrogen (secondary N) is 1. The highest BCUT2D eigenvalue weighted by Gasteiger charge is 2.14. The molecule has 0 aromatic heterocycles. The molecule has 6 nitrogen and oxygen atoms in total. The van der Waals surface area contributed by atoms with Gasteiger partial charge < -0.3 is 24.6 Å². The van der Waals surface area contributed by atoms with E-state index in [-0.39, 0.29) is 5.91 Å². The molecule has 1 amide bonds. The Morgan fingerprint density at radius 3 is 2.36 bits per heavy atom. The van der Waals surface area contributed by atoms with E-state index in [0.717, 1.165) is 39.0 Å². The van der Waals surface area contributed by atoms with Gasteiger partial charge in [-0.15, -0.1) is 0 Å². The maximum Gasteiger partial charge on any atom is 0.251 e. The number of rotatable bonds is 9. The number of hydrogen-bond acceptors (Lipinski definition) is 5. The molecule has 1 aromatic rings. The quantitative estimate of drug-likeness (QED) is 0.690. The number of piperazine rings is 1. The highest BCUT2D eigenvalue weighted by molar-refractivity contribution is 5.94. The summed E-state index contributed by atoms with van der Waals surface area (Å²) in [6.07, 6.45) is 2.10. The molecule has 0 unspecified atom stereocenters. The summed E-state index contributed by atoms with van der Waals surface area (Å²) in [6, 6.07) is 5.22. The van der Waals surface area contributed by atoms with Crippen molar-refractivity contribution in [3.63, 3.8) is 0 Å². The van der Waals surface area contributed by atoms with E-state index in [9.17, 15) is 4.79 Å². The topological polar surface area (TPSA) is 54.0 Å². The standard InChI is InChI=1S/C19H31N3O3/c1-4-21-11-13-22(14-12-21)10-6-5-9-20-19(23)16-7-8-17(24-2)18(15-16)25-3/h7-8,15H,4-6,9-14H2,1-3H3,(H,20,23). The van der Waals surface area contributed by atoms with Crippen LogP contribution in [0.1, 0.15) is 30.1 Å². The predicted molar refractivity (Wildman–Crippen MR) is 99.7 cm³/mol. The zero-order valence-electron chi connectivity index (χ0n) is 15.7. The average Bonchev–Trinajstić information content (AvgIpc) is 2.67. The van der Waals surface area contributed by atoms with Crippen LogP contribution in [0.2, 0.25) is 0 Å². The first kappa shape index (κ1) is 19.5. The van der Waals surface area contributed by atoms with Gasteiger partial charge in [-0.25, -0.2) is 0 Å². The van der Waals surface area contributed by atoms with Gasteiger partial charge >= 0.3 is 0 Å². The Kier molecular flexibility index (Phi) is 8.01. The molecule has 1 fully saturated rings. The summed E-state index contributed by atoms with van der Waals surface area (Å²) in [7, 11) is 3.15. The van der Waals surface area contributed by atoms with Crippen molar-refractivity contribution in [2.24, 2.45) is 0 Å². The highest BCUT2D eigenvalue weighted by atomic mass is 16.5. The number of carbonyl (C=O) groups is 1. The lowest BCUT2D eigenvalue weighted by molar-refractivity contribution is 0.0951. The van der Waals surface area contributed by atoms with E-state index in [0.29, 0.717) is 23.6 Å². The number of carbonyl (C=O) groups excluding carboxylic acids is 1. The number of methoxy groups -OCH3 is 2. The lowest BCUT2D eigenvalue weighted by Crippen LogP contribution is -2.46. The monoisotopic (exact) mass is 349 g/mol. The van der Waals surface area contributed by atoms with Crippen LogP contribution in [0.15, 0.2) is 18.2 Å². The van der Waals surface area contributed by atoms with Crippen LogP contribution in [-0.2, 0) is 0 Å². The number of amides is 1. The third kappa shape index (κ3) is 5.90. The van der Waals surface area contributed by atoms with Crippen LogP contribution in [0.4, 0.5) is 0 Å². The number of unbranched alkanes of at least 4 members (excludes halogenated alkanes) is 1.